The molecule has 2 saturated carbocycles. The smallest absolute Gasteiger partial charge is 0.220 e. The van der Waals surface area contributed by atoms with Crippen LogP contribution in [0.15, 0.2) is 0 Å². The van der Waals surface area contributed by atoms with Crippen LogP contribution in [0.25, 0.3) is 0 Å². The third-order valence-corrected chi connectivity index (χ3v) is 13.3. The first kappa shape index (κ1) is 46.9. The van der Waals surface area contributed by atoms with Gasteiger partial charge in [0.15, 0.2) is 0 Å². The highest BCUT2D eigenvalue weighted by molar-refractivity contribution is 7.47. The highest BCUT2D eigenvalue weighted by Gasteiger charge is 2.39. The molecule has 2 aliphatic rings. The van der Waals surface area contributed by atoms with E-state index in [1.54, 1.807) is 9.80 Å². The molecule has 10 atom stereocenters. The minimum absolute atomic E-state index is 0.0790. The first-order valence-corrected chi connectivity index (χ1v) is 23.5. The lowest BCUT2D eigenvalue weighted by atomic mass is 9.88. The van der Waals surface area contributed by atoms with Crippen LogP contribution < -0.4 is 0 Å². The minimum atomic E-state index is -2.32. The van der Waals surface area contributed by atoms with Crippen molar-refractivity contribution in [3.8, 4) is 0 Å². The van der Waals surface area contributed by atoms with E-state index < -0.39 is 50.3 Å². The molecule has 0 saturated heterocycles. The van der Waals surface area contributed by atoms with Gasteiger partial charge in [0.2, 0.25) is 50.3 Å². The van der Waals surface area contributed by atoms with Crippen molar-refractivity contribution in [3.63, 3.8) is 0 Å². The molecule has 12 N–H and O–H groups in total. The van der Waals surface area contributed by atoms with Crippen molar-refractivity contribution in [1.82, 2.24) is 19.6 Å². The zero-order chi connectivity index (χ0) is 36.3. The van der Waals surface area contributed by atoms with Crippen LogP contribution >= 0.6 is 50.3 Å². The molecule has 2 fully saturated rings. The molecular formula is C21H50N4O18P6. The third kappa shape index (κ3) is 16.9. The van der Waals surface area contributed by atoms with Crippen molar-refractivity contribution in [2.24, 2.45) is 0 Å². The molecule has 49 heavy (non-hydrogen) atoms. The zero-order valence-corrected chi connectivity index (χ0v) is 32.0. The van der Waals surface area contributed by atoms with E-state index in [1.165, 1.54) is 0 Å². The molecule has 0 aromatic rings. The summed E-state index contributed by atoms with van der Waals surface area (Å²) in [7, 11) is -13.9. The third-order valence-electron chi connectivity index (χ3n) is 8.54. The Morgan fingerprint density at radius 3 is 0.796 bits per heavy atom. The van der Waals surface area contributed by atoms with Crippen molar-refractivity contribution in [2.45, 2.75) is 82.0 Å². The summed E-state index contributed by atoms with van der Waals surface area (Å²) in [5.41, 5.74) is 0. The van der Waals surface area contributed by atoms with Gasteiger partial charge in [0.1, 0.15) is 0 Å². The normalized spacial score (nSPS) is 26.0. The summed E-state index contributed by atoms with van der Waals surface area (Å²) >= 11 is 0. The maximum Gasteiger partial charge on any atom is 0.220 e. The monoisotopic (exact) mass is 832 g/mol. The molecule has 2 rings (SSSR count). The van der Waals surface area contributed by atoms with Crippen LogP contribution in [-0.2, 0) is 28.0 Å². The van der Waals surface area contributed by atoms with Crippen LogP contribution in [0.5, 0.6) is 0 Å². The molecule has 10 unspecified atom stereocenters. The van der Waals surface area contributed by atoms with Crippen LogP contribution in [0.2, 0.25) is 0 Å². The lowest BCUT2D eigenvalue weighted by molar-refractivity contribution is -0.140. The van der Waals surface area contributed by atoms with Gasteiger partial charge >= 0.3 is 0 Å². The topological polar surface area (TPSA) is 311 Å². The van der Waals surface area contributed by atoms with Gasteiger partial charge in [-0.15, -0.1) is 0 Å². The Morgan fingerprint density at radius 1 is 0.367 bits per heavy atom. The fourth-order valence-corrected chi connectivity index (χ4v) is 11.1. The molecule has 28 heteroatoms. The summed E-state index contributed by atoms with van der Waals surface area (Å²) in [4.78, 5) is 68.2. The quantitative estimate of drug-likeness (QED) is 0.0336. The number of hydrogen-bond donors (Lipinski definition) is 12. The summed E-state index contributed by atoms with van der Waals surface area (Å²) in [6.45, 7) is 0.627. The van der Waals surface area contributed by atoms with E-state index in [1.807, 2.05) is 9.80 Å². The maximum atomic E-state index is 10.4. The molecule has 0 aliphatic heterocycles. The van der Waals surface area contributed by atoms with Crippen LogP contribution in [0.3, 0.4) is 0 Å². The Kier molecular flexibility index (Phi) is 25.3. The Labute approximate surface area is 291 Å². The fraction of sp³-hybridized carbons (Fsp3) is 1.00. The lowest BCUT2D eigenvalue weighted by Crippen LogP contribution is -2.55. The molecular weight excluding hydrogens is 782 g/mol. The second kappa shape index (κ2) is 26.5. The van der Waals surface area contributed by atoms with E-state index in [0.717, 1.165) is 25.7 Å². The van der Waals surface area contributed by atoms with E-state index in [-0.39, 0.29) is 61.9 Å². The van der Waals surface area contributed by atoms with Gasteiger partial charge in [0, 0.05) is 37.3 Å². The summed E-state index contributed by atoms with van der Waals surface area (Å²) < 4.78 is 24.9. The van der Waals surface area contributed by atoms with Crippen molar-refractivity contribution in [3.05, 3.63) is 0 Å². The number of hydrogen-bond acceptors (Lipinski definition) is 22. The molecule has 0 spiro atoms. The Bertz CT molecular complexity index is 779. The van der Waals surface area contributed by atoms with Crippen LogP contribution in [0.1, 0.15) is 57.8 Å². The van der Waals surface area contributed by atoms with Gasteiger partial charge in [0.05, 0.1) is 37.7 Å². The van der Waals surface area contributed by atoms with E-state index in [9.17, 15) is 39.9 Å². The molecule has 22 nitrogen and oxygen atoms in total. The van der Waals surface area contributed by atoms with Gasteiger partial charge in [-0.2, -0.15) is 28.0 Å². The number of rotatable bonds is 26. The highest BCUT2D eigenvalue weighted by Crippen LogP contribution is 2.44. The number of nitrogens with zero attached hydrogens (tertiary/aromatic N) is 4. The molecule has 0 radical (unpaired) electrons. The van der Waals surface area contributed by atoms with Crippen molar-refractivity contribution < 1.29 is 89.0 Å². The Balaban J connectivity index is 2.34. The first-order valence-electron chi connectivity index (χ1n) is 15.2. The van der Waals surface area contributed by atoms with Crippen molar-refractivity contribution >= 4 is 50.3 Å². The van der Waals surface area contributed by atoms with Crippen molar-refractivity contribution in [2.75, 3.05) is 50.8 Å². The predicted molar refractivity (Wildman–Crippen MR) is 180 cm³/mol. The predicted octanol–water partition coefficient (Wildman–Crippen LogP) is 3.71. The van der Waals surface area contributed by atoms with Gasteiger partial charge in [-0.25, -0.2) is 31.5 Å². The van der Waals surface area contributed by atoms with E-state index in [0.29, 0.717) is 45.2 Å². The Hall–Kier alpha value is 1.70. The SMILES string of the molecule is OOP(O)CN(CCCN(CP(O)OO)C1CCCCC1N(CP(O)OO)CP(O)OO)C1CCCCC1N(CP(O)OO)CP(O)OO. The average Bonchev–Trinajstić information content (AvgIpc) is 3.12. The minimum Gasteiger partial charge on any atom is -0.347 e. The molecule has 0 bridgehead atoms. The molecule has 2 aliphatic carbocycles. The highest BCUT2D eigenvalue weighted by atomic mass is 31.2. The molecule has 0 aromatic carbocycles. The van der Waals surface area contributed by atoms with E-state index in [2.05, 4.69) is 28.0 Å². The van der Waals surface area contributed by atoms with Gasteiger partial charge in [-0.05, 0) is 32.1 Å². The van der Waals surface area contributed by atoms with Crippen LogP contribution in [-0.4, -0.2) is 155 Å². The molecule has 0 aromatic heterocycles. The van der Waals surface area contributed by atoms with Gasteiger partial charge < -0.3 is 29.4 Å². The maximum absolute atomic E-state index is 10.4. The van der Waals surface area contributed by atoms with Crippen LogP contribution in [0, 0.1) is 0 Å². The van der Waals surface area contributed by atoms with Crippen LogP contribution in [0.4, 0.5) is 0 Å². The standard InChI is InChI=1S/C21H50N4O18P6/c26-38-44(32)12-22(18-6-1-3-8-20(18)24(14-46(34)40-28)15-47(35)41-29)10-5-11-23(13-45(33)39-27)19-7-2-4-9-21(19)25(16-48(36)42-30)17-49(37)43-31/h18-21,26-37H,1-17H2. The fourth-order valence-electron chi connectivity index (χ4n) is 6.64. The van der Waals surface area contributed by atoms with Gasteiger partial charge in [-0.3, -0.25) is 19.6 Å². The average molecular weight is 832 g/mol. The molecule has 0 heterocycles. The summed E-state index contributed by atoms with van der Waals surface area (Å²) in [6.07, 6.45) is 5.07. The largest absolute Gasteiger partial charge is 0.347 e. The second-order valence-electron chi connectivity index (χ2n) is 11.4. The van der Waals surface area contributed by atoms with Crippen molar-refractivity contribution in [1.29, 1.82) is 0 Å². The second-order valence-corrected chi connectivity index (χ2v) is 18.3. The first-order chi connectivity index (χ1) is 23.5. The zero-order valence-electron chi connectivity index (χ0n) is 26.6. The van der Waals surface area contributed by atoms with Gasteiger partial charge in [-0.1, -0.05) is 25.7 Å². The van der Waals surface area contributed by atoms with E-state index in [4.69, 9.17) is 21.0 Å². The Morgan fingerprint density at radius 2 is 0.571 bits per heavy atom. The van der Waals surface area contributed by atoms with E-state index >= 15 is 0 Å². The summed E-state index contributed by atoms with van der Waals surface area (Å²) in [6, 6.07) is -1.39. The lowest BCUT2D eigenvalue weighted by Gasteiger charge is -2.46. The summed E-state index contributed by atoms with van der Waals surface area (Å²) in [5, 5.41) is 54.7. The molecule has 0 amide bonds. The van der Waals surface area contributed by atoms with Gasteiger partial charge in [0.25, 0.3) is 0 Å². The molecule has 292 valence electrons. The summed E-state index contributed by atoms with van der Waals surface area (Å²) in [5.74, 6) is 0.